The van der Waals surface area contributed by atoms with Crippen molar-refractivity contribution in [3.8, 4) is 0 Å². The standard InChI is InChI=1S/C18H20O2/c1-3-20-18(19)13-17(15-10-5-4-6-11-15)16-12-8-7-9-14(16)2/h4-12,17H,3,13H2,1-2H3/t17-/m0/s1. The van der Waals surface area contributed by atoms with Crippen molar-refractivity contribution in [3.05, 3.63) is 71.3 Å². The molecule has 2 nitrogen and oxygen atoms in total. The fourth-order valence-corrected chi connectivity index (χ4v) is 2.46. The van der Waals surface area contributed by atoms with E-state index in [1.165, 1.54) is 11.1 Å². The van der Waals surface area contributed by atoms with Gasteiger partial charge in [0.15, 0.2) is 0 Å². The molecule has 0 saturated heterocycles. The van der Waals surface area contributed by atoms with Gasteiger partial charge in [-0.1, -0.05) is 54.6 Å². The lowest BCUT2D eigenvalue weighted by Gasteiger charge is -2.19. The average molecular weight is 268 g/mol. The zero-order valence-corrected chi connectivity index (χ0v) is 12.0. The van der Waals surface area contributed by atoms with E-state index in [0.29, 0.717) is 13.0 Å². The van der Waals surface area contributed by atoms with Crippen molar-refractivity contribution in [2.45, 2.75) is 26.2 Å². The number of carbonyl (C=O) groups is 1. The van der Waals surface area contributed by atoms with Gasteiger partial charge in [0, 0.05) is 5.92 Å². The Morgan fingerprint density at radius 3 is 2.35 bits per heavy atom. The van der Waals surface area contributed by atoms with Crippen molar-refractivity contribution < 1.29 is 9.53 Å². The van der Waals surface area contributed by atoms with Crippen molar-refractivity contribution >= 4 is 5.97 Å². The highest BCUT2D eigenvalue weighted by Crippen LogP contribution is 2.30. The molecule has 20 heavy (non-hydrogen) atoms. The summed E-state index contributed by atoms with van der Waals surface area (Å²) in [5.41, 5.74) is 3.53. The zero-order valence-electron chi connectivity index (χ0n) is 12.0. The number of ether oxygens (including phenoxy) is 1. The van der Waals surface area contributed by atoms with Crippen LogP contribution < -0.4 is 0 Å². The molecule has 0 radical (unpaired) electrons. The highest BCUT2D eigenvalue weighted by molar-refractivity contribution is 5.71. The van der Waals surface area contributed by atoms with E-state index in [1.54, 1.807) is 0 Å². The summed E-state index contributed by atoms with van der Waals surface area (Å²) in [7, 11) is 0. The Hall–Kier alpha value is -2.09. The first-order chi connectivity index (χ1) is 9.72. The summed E-state index contributed by atoms with van der Waals surface area (Å²) in [6.45, 7) is 4.34. The second-order valence-corrected chi connectivity index (χ2v) is 4.83. The third-order valence-corrected chi connectivity index (χ3v) is 3.44. The lowest BCUT2D eigenvalue weighted by molar-refractivity contribution is -0.143. The molecule has 2 aromatic carbocycles. The molecule has 2 rings (SSSR count). The van der Waals surface area contributed by atoms with E-state index in [1.807, 2.05) is 37.3 Å². The van der Waals surface area contributed by atoms with Crippen LogP contribution in [0.1, 0.15) is 36.0 Å². The molecule has 0 aliphatic rings. The van der Waals surface area contributed by atoms with E-state index in [-0.39, 0.29) is 11.9 Å². The summed E-state index contributed by atoms with van der Waals surface area (Å²) in [6, 6.07) is 18.3. The number of carbonyl (C=O) groups excluding carboxylic acids is 1. The van der Waals surface area contributed by atoms with E-state index in [2.05, 4.69) is 31.2 Å². The molecule has 0 N–H and O–H groups in total. The molecule has 0 amide bonds. The molecule has 0 heterocycles. The average Bonchev–Trinajstić information content (AvgIpc) is 2.47. The highest BCUT2D eigenvalue weighted by Gasteiger charge is 2.20. The van der Waals surface area contributed by atoms with Crippen LogP contribution in [-0.4, -0.2) is 12.6 Å². The molecule has 104 valence electrons. The smallest absolute Gasteiger partial charge is 0.306 e. The Balaban J connectivity index is 2.35. The minimum atomic E-state index is -0.149. The molecule has 1 atom stereocenters. The van der Waals surface area contributed by atoms with Crippen LogP contribution in [0.25, 0.3) is 0 Å². The second-order valence-electron chi connectivity index (χ2n) is 4.83. The quantitative estimate of drug-likeness (QED) is 0.764. The van der Waals surface area contributed by atoms with E-state index in [0.717, 1.165) is 5.56 Å². The number of aryl methyl sites for hydroxylation is 1. The Bertz CT molecular complexity index is 561. The topological polar surface area (TPSA) is 26.3 Å². The van der Waals surface area contributed by atoms with Crippen molar-refractivity contribution in [3.63, 3.8) is 0 Å². The second kappa shape index (κ2) is 6.90. The van der Waals surface area contributed by atoms with E-state index in [9.17, 15) is 4.79 Å². The van der Waals surface area contributed by atoms with Gasteiger partial charge < -0.3 is 4.74 Å². The van der Waals surface area contributed by atoms with E-state index in [4.69, 9.17) is 4.74 Å². The lowest BCUT2D eigenvalue weighted by atomic mass is 9.86. The van der Waals surface area contributed by atoms with Crippen LogP contribution in [0.4, 0.5) is 0 Å². The van der Waals surface area contributed by atoms with Crippen molar-refractivity contribution in [2.75, 3.05) is 6.61 Å². The van der Waals surface area contributed by atoms with Crippen LogP contribution in [0, 0.1) is 6.92 Å². The van der Waals surface area contributed by atoms with Gasteiger partial charge in [0.25, 0.3) is 0 Å². The molecule has 2 aromatic rings. The summed E-state index contributed by atoms with van der Waals surface area (Å²) < 4.78 is 5.12. The first-order valence-corrected chi connectivity index (χ1v) is 6.98. The van der Waals surface area contributed by atoms with Gasteiger partial charge in [-0.2, -0.15) is 0 Å². The maximum absolute atomic E-state index is 11.9. The normalized spacial score (nSPS) is 11.9. The van der Waals surface area contributed by atoms with Crippen molar-refractivity contribution in [1.82, 2.24) is 0 Å². The number of rotatable bonds is 5. The maximum atomic E-state index is 11.9. The number of benzene rings is 2. The van der Waals surface area contributed by atoms with E-state index < -0.39 is 0 Å². The molecule has 0 unspecified atom stereocenters. The SMILES string of the molecule is CCOC(=O)C[C@@H](c1ccccc1)c1ccccc1C. The van der Waals surface area contributed by atoms with Crippen LogP contribution in [0.3, 0.4) is 0 Å². The van der Waals surface area contributed by atoms with Gasteiger partial charge in [-0.15, -0.1) is 0 Å². The Morgan fingerprint density at radius 1 is 1.05 bits per heavy atom. The first kappa shape index (κ1) is 14.3. The van der Waals surface area contributed by atoms with Crippen LogP contribution in [0.5, 0.6) is 0 Å². The maximum Gasteiger partial charge on any atom is 0.306 e. The predicted octanol–water partition coefficient (Wildman–Crippen LogP) is 4.08. The number of hydrogen-bond donors (Lipinski definition) is 0. The van der Waals surface area contributed by atoms with Gasteiger partial charge in [-0.05, 0) is 30.5 Å². The summed E-state index contributed by atoms with van der Waals surface area (Å²) in [5, 5.41) is 0. The molecule has 0 aliphatic carbocycles. The molecule has 0 aromatic heterocycles. The molecular weight excluding hydrogens is 248 g/mol. The van der Waals surface area contributed by atoms with Gasteiger partial charge in [0.1, 0.15) is 0 Å². The molecular formula is C18H20O2. The van der Waals surface area contributed by atoms with Crippen LogP contribution in [-0.2, 0) is 9.53 Å². The molecule has 0 bridgehead atoms. The van der Waals surface area contributed by atoms with Gasteiger partial charge in [0.2, 0.25) is 0 Å². The molecule has 0 spiro atoms. The van der Waals surface area contributed by atoms with E-state index >= 15 is 0 Å². The first-order valence-electron chi connectivity index (χ1n) is 6.98. The Morgan fingerprint density at radius 2 is 1.70 bits per heavy atom. The van der Waals surface area contributed by atoms with Crippen molar-refractivity contribution in [2.24, 2.45) is 0 Å². The predicted molar refractivity (Wildman–Crippen MR) is 80.7 cm³/mol. The summed E-state index contributed by atoms with van der Waals surface area (Å²) in [6.07, 6.45) is 0.378. The largest absolute Gasteiger partial charge is 0.466 e. The monoisotopic (exact) mass is 268 g/mol. The molecule has 2 heteroatoms. The zero-order chi connectivity index (χ0) is 14.4. The lowest BCUT2D eigenvalue weighted by Crippen LogP contribution is -2.12. The van der Waals surface area contributed by atoms with Crippen LogP contribution >= 0.6 is 0 Å². The van der Waals surface area contributed by atoms with Crippen LogP contribution in [0.15, 0.2) is 54.6 Å². The summed E-state index contributed by atoms with van der Waals surface area (Å²) >= 11 is 0. The van der Waals surface area contributed by atoms with Crippen molar-refractivity contribution in [1.29, 1.82) is 0 Å². The minimum absolute atomic E-state index is 0.0523. The highest BCUT2D eigenvalue weighted by atomic mass is 16.5. The molecule has 0 saturated carbocycles. The van der Waals surface area contributed by atoms with Gasteiger partial charge >= 0.3 is 5.97 Å². The number of hydrogen-bond acceptors (Lipinski definition) is 2. The fourth-order valence-electron chi connectivity index (χ4n) is 2.46. The third-order valence-electron chi connectivity index (χ3n) is 3.44. The van der Waals surface area contributed by atoms with Crippen LogP contribution in [0.2, 0.25) is 0 Å². The molecule has 0 aliphatic heterocycles. The summed E-state index contributed by atoms with van der Waals surface area (Å²) in [4.78, 5) is 11.9. The van der Waals surface area contributed by atoms with Gasteiger partial charge in [0.05, 0.1) is 13.0 Å². The molecule has 0 fully saturated rings. The fraction of sp³-hybridized carbons (Fsp3) is 0.278. The van der Waals surface area contributed by atoms with Gasteiger partial charge in [-0.3, -0.25) is 4.79 Å². The Labute approximate surface area is 120 Å². The number of esters is 1. The summed E-state index contributed by atoms with van der Waals surface area (Å²) in [5.74, 6) is -0.0962. The van der Waals surface area contributed by atoms with Gasteiger partial charge in [-0.25, -0.2) is 0 Å². The Kier molecular flexibility index (Phi) is 4.94. The third kappa shape index (κ3) is 3.47. The minimum Gasteiger partial charge on any atom is -0.466 e.